The standard InChI is InChI=1S/C24H24N2O3/c1-2-18-10-6-12-21(14-18)26-23(27)17-29-22-13-7-11-20(15-22)24(28)25-16-19-8-4-3-5-9-19/h3-15H,2,16-17H2,1H3,(H,25,28)(H,26,27). The lowest BCUT2D eigenvalue weighted by Gasteiger charge is -2.10. The zero-order valence-corrected chi connectivity index (χ0v) is 16.4. The van der Waals surface area contributed by atoms with Gasteiger partial charge in [-0.15, -0.1) is 0 Å². The first kappa shape index (κ1) is 20.1. The molecule has 3 rings (SSSR count). The zero-order valence-electron chi connectivity index (χ0n) is 16.4. The number of aryl methyl sites for hydroxylation is 1. The van der Waals surface area contributed by atoms with Crippen molar-refractivity contribution in [3.8, 4) is 5.75 Å². The van der Waals surface area contributed by atoms with Gasteiger partial charge in [0.2, 0.25) is 0 Å². The summed E-state index contributed by atoms with van der Waals surface area (Å²) in [6.45, 7) is 2.38. The number of hydrogen-bond donors (Lipinski definition) is 2. The lowest BCUT2D eigenvalue weighted by atomic mass is 10.1. The summed E-state index contributed by atoms with van der Waals surface area (Å²) >= 11 is 0. The molecule has 0 fully saturated rings. The molecule has 5 nitrogen and oxygen atoms in total. The van der Waals surface area contributed by atoms with E-state index in [0.29, 0.717) is 17.9 Å². The Bertz CT molecular complexity index is 971. The molecule has 0 unspecified atom stereocenters. The van der Waals surface area contributed by atoms with Gasteiger partial charge in [0.15, 0.2) is 6.61 Å². The van der Waals surface area contributed by atoms with Crippen molar-refractivity contribution in [3.63, 3.8) is 0 Å². The molecule has 29 heavy (non-hydrogen) atoms. The van der Waals surface area contributed by atoms with Gasteiger partial charge in [0.05, 0.1) is 0 Å². The molecule has 0 radical (unpaired) electrons. The van der Waals surface area contributed by atoms with Gasteiger partial charge in [-0.25, -0.2) is 0 Å². The first-order valence-corrected chi connectivity index (χ1v) is 9.58. The van der Waals surface area contributed by atoms with Crippen LogP contribution in [0.3, 0.4) is 0 Å². The highest BCUT2D eigenvalue weighted by Crippen LogP contribution is 2.15. The molecule has 2 N–H and O–H groups in total. The van der Waals surface area contributed by atoms with Crippen LogP contribution in [0.25, 0.3) is 0 Å². The second-order valence-electron chi connectivity index (χ2n) is 6.59. The van der Waals surface area contributed by atoms with Gasteiger partial charge in [-0.05, 0) is 47.9 Å². The smallest absolute Gasteiger partial charge is 0.262 e. The Hall–Kier alpha value is -3.60. The third kappa shape index (κ3) is 6.21. The third-order valence-electron chi connectivity index (χ3n) is 4.38. The summed E-state index contributed by atoms with van der Waals surface area (Å²) in [7, 11) is 0. The highest BCUT2D eigenvalue weighted by Gasteiger charge is 2.08. The number of carbonyl (C=O) groups is 2. The first-order valence-electron chi connectivity index (χ1n) is 9.58. The van der Waals surface area contributed by atoms with Crippen LogP contribution in [-0.2, 0) is 17.8 Å². The molecule has 2 amide bonds. The Morgan fingerprint density at radius 1 is 0.862 bits per heavy atom. The molecule has 0 spiro atoms. The van der Waals surface area contributed by atoms with Gasteiger partial charge in [-0.2, -0.15) is 0 Å². The van der Waals surface area contributed by atoms with E-state index in [1.54, 1.807) is 24.3 Å². The fourth-order valence-electron chi connectivity index (χ4n) is 2.82. The van der Waals surface area contributed by atoms with Crippen LogP contribution in [0.5, 0.6) is 5.75 Å². The van der Waals surface area contributed by atoms with Crippen LogP contribution < -0.4 is 15.4 Å². The number of rotatable bonds is 8. The maximum Gasteiger partial charge on any atom is 0.262 e. The van der Waals surface area contributed by atoms with Crippen molar-refractivity contribution >= 4 is 17.5 Å². The van der Waals surface area contributed by atoms with Gasteiger partial charge in [-0.1, -0.05) is 55.5 Å². The maximum absolute atomic E-state index is 12.4. The number of amides is 2. The lowest BCUT2D eigenvalue weighted by Crippen LogP contribution is -2.23. The average molecular weight is 388 g/mol. The van der Waals surface area contributed by atoms with E-state index < -0.39 is 0 Å². The van der Waals surface area contributed by atoms with Crippen molar-refractivity contribution < 1.29 is 14.3 Å². The van der Waals surface area contributed by atoms with Crippen molar-refractivity contribution in [2.75, 3.05) is 11.9 Å². The fraction of sp³-hybridized carbons (Fsp3) is 0.167. The minimum absolute atomic E-state index is 0.133. The third-order valence-corrected chi connectivity index (χ3v) is 4.38. The largest absolute Gasteiger partial charge is 0.484 e. The number of benzene rings is 3. The van der Waals surface area contributed by atoms with E-state index in [-0.39, 0.29) is 18.4 Å². The zero-order chi connectivity index (χ0) is 20.5. The second-order valence-corrected chi connectivity index (χ2v) is 6.59. The molecule has 148 valence electrons. The summed E-state index contributed by atoms with van der Waals surface area (Å²) in [5.41, 5.74) is 3.40. The summed E-state index contributed by atoms with van der Waals surface area (Å²) in [6.07, 6.45) is 0.902. The minimum Gasteiger partial charge on any atom is -0.484 e. The van der Waals surface area contributed by atoms with Gasteiger partial charge >= 0.3 is 0 Å². The van der Waals surface area contributed by atoms with Crippen molar-refractivity contribution in [2.24, 2.45) is 0 Å². The predicted molar refractivity (Wildman–Crippen MR) is 114 cm³/mol. The van der Waals surface area contributed by atoms with E-state index in [1.807, 2.05) is 54.6 Å². The highest BCUT2D eigenvalue weighted by molar-refractivity contribution is 5.94. The maximum atomic E-state index is 12.4. The molecule has 0 aliphatic carbocycles. The molecule has 0 aliphatic rings. The molecule has 0 bridgehead atoms. The number of nitrogens with one attached hydrogen (secondary N) is 2. The molecule has 0 saturated heterocycles. The van der Waals surface area contributed by atoms with Crippen LogP contribution in [0.15, 0.2) is 78.9 Å². The van der Waals surface area contributed by atoms with Crippen molar-refractivity contribution in [2.45, 2.75) is 19.9 Å². The summed E-state index contributed by atoms with van der Waals surface area (Å²) in [5.74, 6) is 0.0205. The number of anilines is 1. The molecule has 3 aromatic carbocycles. The Labute approximate surface area is 170 Å². The van der Waals surface area contributed by atoms with E-state index >= 15 is 0 Å². The molecule has 0 heterocycles. The van der Waals surface area contributed by atoms with Gasteiger partial charge in [0, 0.05) is 17.8 Å². The van der Waals surface area contributed by atoms with E-state index in [2.05, 4.69) is 17.6 Å². The van der Waals surface area contributed by atoms with E-state index in [1.165, 1.54) is 0 Å². The van der Waals surface area contributed by atoms with Gasteiger partial charge < -0.3 is 15.4 Å². The summed E-state index contributed by atoms with van der Waals surface area (Å²) < 4.78 is 5.56. The average Bonchev–Trinajstić information content (AvgIpc) is 2.77. The van der Waals surface area contributed by atoms with Crippen LogP contribution in [0.1, 0.15) is 28.4 Å². The number of carbonyl (C=O) groups excluding carboxylic acids is 2. The van der Waals surface area contributed by atoms with E-state index in [9.17, 15) is 9.59 Å². The molecule has 0 atom stereocenters. The molecule has 5 heteroatoms. The van der Waals surface area contributed by atoms with Gasteiger partial charge in [0.25, 0.3) is 11.8 Å². The molecular formula is C24H24N2O3. The molecule has 3 aromatic rings. The van der Waals surface area contributed by atoms with Crippen LogP contribution in [-0.4, -0.2) is 18.4 Å². The van der Waals surface area contributed by atoms with Crippen molar-refractivity contribution in [3.05, 3.63) is 95.6 Å². The second kappa shape index (κ2) is 10.1. The Kier molecular flexibility index (Phi) is 7.00. The Balaban J connectivity index is 1.52. The molecular weight excluding hydrogens is 364 g/mol. The van der Waals surface area contributed by atoms with Gasteiger partial charge in [-0.3, -0.25) is 9.59 Å². The van der Waals surface area contributed by atoms with Gasteiger partial charge in [0.1, 0.15) is 5.75 Å². The Morgan fingerprint density at radius 3 is 2.41 bits per heavy atom. The SMILES string of the molecule is CCc1cccc(NC(=O)COc2cccc(C(=O)NCc3ccccc3)c2)c1. The van der Waals surface area contributed by atoms with Crippen molar-refractivity contribution in [1.82, 2.24) is 5.32 Å². The van der Waals surface area contributed by atoms with Crippen LogP contribution in [0.4, 0.5) is 5.69 Å². The quantitative estimate of drug-likeness (QED) is 0.608. The molecule has 0 saturated carbocycles. The number of hydrogen-bond acceptors (Lipinski definition) is 3. The van der Waals surface area contributed by atoms with Crippen molar-refractivity contribution in [1.29, 1.82) is 0 Å². The van der Waals surface area contributed by atoms with Crippen LogP contribution >= 0.6 is 0 Å². The topological polar surface area (TPSA) is 67.4 Å². The number of ether oxygens (including phenoxy) is 1. The van der Waals surface area contributed by atoms with Crippen LogP contribution in [0.2, 0.25) is 0 Å². The fourth-order valence-corrected chi connectivity index (χ4v) is 2.82. The lowest BCUT2D eigenvalue weighted by molar-refractivity contribution is -0.118. The first-order chi connectivity index (χ1) is 14.1. The summed E-state index contributed by atoms with van der Waals surface area (Å²) in [6, 6.07) is 24.2. The summed E-state index contributed by atoms with van der Waals surface area (Å²) in [4.78, 5) is 24.5. The van der Waals surface area contributed by atoms with E-state index in [0.717, 1.165) is 23.2 Å². The normalized spacial score (nSPS) is 10.2. The summed E-state index contributed by atoms with van der Waals surface area (Å²) in [5, 5.41) is 5.70. The minimum atomic E-state index is -0.253. The predicted octanol–water partition coefficient (Wildman–Crippen LogP) is 4.20. The highest BCUT2D eigenvalue weighted by atomic mass is 16.5. The molecule has 0 aromatic heterocycles. The van der Waals surface area contributed by atoms with E-state index in [4.69, 9.17) is 4.74 Å². The van der Waals surface area contributed by atoms with Crippen LogP contribution in [0, 0.1) is 0 Å². The Morgan fingerprint density at radius 2 is 1.62 bits per heavy atom. The monoisotopic (exact) mass is 388 g/mol. The molecule has 0 aliphatic heterocycles.